The highest BCUT2D eigenvalue weighted by molar-refractivity contribution is 8.00. The van der Waals surface area contributed by atoms with Gasteiger partial charge in [0.15, 0.2) is 5.16 Å². The number of carbonyl (C=O) groups excluding carboxylic acids is 1. The molecule has 3 heterocycles. The monoisotopic (exact) mass is 436 g/mol. The smallest absolute Gasteiger partial charge is 0.238 e. The predicted molar refractivity (Wildman–Crippen MR) is 122 cm³/mol. The van der Waals surface area contributed by atoms with E-state index in [9.17, 15) is 4.79 Å². The number of amides is 1. The van der Waals surface area contributed by atoms with Gasteiger partial charge in [0.2, 0.25) is 5.91 Å². The fourth-order valence-corrected chi connectivity index (χ4v) is 6.19. The third kappa shape index (κ3) is 3.88. The van der Waals surface area contributed by atoms with Crippen LogP contribution >= 0.6 is 23.5 Å². The van der Waals surface area contributed by atoms with Crippen molar-refractivity contribution < 1.29 is 4.79 Å². The number of aromatic nitrogens is 3. The molecule has 2 aliphatic heterocycles. The minimum absolute atomic E-state index is 0.0368. The Bertz CT molecular complexity index is 1040. The first-order valence-corrected chi connectivity index (χ1v) is 12.4. The van der Waals surface area contributed by atoms with Gasteiger partial charge in [-0.3, -0.25) is 4.79 Å². The zero-order chi connectivity index (χ0) is 20.3. The second-order valence-electron chi connectivity index (χ2n) is 7.62. The third-order valence-electron chi connectivity index (χ3n) is 5.69. The molecule has 0 radical (unpaired) electrons. The van der Waals surface area contributed by atoms with Crippen LogP contribution in [-0.2, 0) is 17.8 Å². The van der Waals surface area contributed by atoms with Crippen molar-refractivity contribution in [2.45, 2.75) is 48.3 Å². The van der Waals surface area contributed by atoms with Crippen molar-refractivity contribution in [2.75, 3.05) is 16.4 Å². The van der Waals surface area contributed by atoms with Gasteiger partial charge in [-0.1, -0.05) is 60.6 Å². The van der Waals surface area contributed by atoms with E-state index in [0.717, 1.165) is 41.8 Å². The molecule has 5 rings (SSSR count). The molecule has 30 heavy (non-hydrogen) atoms. The molecule has 154 valence electrons. The average molecular weight is 437 g/mol. The van der Waals surface area contributed by atoms with Crippen LogP contribution in [0, 0.1) is 0 Å². The molecule has 7 heteroatoms. The van der Waals surface area contributed by atoms with Crippen LogP contribution in [0.4, 0.5) is 5.69 Å². The third-order valence-corrected chi connectivity index (χ3v) is 7.78. The lowest BCUT2D eigenvalue weighted by molar-refractivity contribution is -0.116. The van der Waals surface area contributed by atoms with E-state index in [1.165, 1.54) is 35.1 Å². The number of nitrogens with zero attached hydrogens (tertiary/aromatic N) is 4. The first-order valence-electron chi connectivity index (χ1n) is 10.4. The van der Waals surface area contributed by atoms with Gasteiger partial charge in [-0.15, -0.1) is 22.0 Å². The molecule has 0 fully saturated rings. The molecule has 0 unspecified atom stereocenters. The van der Waals surface area contributed by atoms with Crippen molar-refractivity contribution in [3.63, 3.8) is 0 Å². The normalized spacial score (nSPS) is 18.4. The lowest BCUT2D eigenvalue weighted by Gasteiger charge is -2.37. The first kappa shape index (κ1) is 19.7. The van der Waals surface area contributed by atoms with E-state index >= 15 is 0 Å². The molecule has 0 aliphatic carbocycles. The summed E-state index contributed by atoms with van der Waals surface area (Å²) < 4.78 is 2.21. The van der Waals surface area contributed by atoms with Crippen LogP contribution in [0.5, 0.6) is 0 Å². The number of thioether (sulfide) groups is 2. The second kappa shape index (κ2) is 8.86. The Kier molecular flexibility index (Phi) is 5.82. The van der Waals surface area contributed by atoms with E-state index in [2.05, 4.69) is 39.0 Å². The molecular formula is C23H24N4OS2. The zero-order valence-corrected chi connectivity index (χ0v) is 18.4. The van der Waals surface area contributed by atoms with Gasteiger partial charge in [-0.05, 0) is 30.5 Å². The Labute approximate surface area is 185 Å². The maximum absolute atomic E-state index is 13.5. The maximum atomic E-state index is 13.5. The van der Waals surface area contributed by atoms with Crippen molar-refractivity contribution in [2.24, 2.45) is 0 Å². The molecule has 1 amide bonds. The maximum Gasteiger partial charge on any atom is 0.238 e. The highest BCUT2D eigenvalue weighted by Crippen LogP contribution is 2.43. The molecule has 0 saturated heterocycles. The molecule has 0 N–H and O–H groups in total. The second-order valence-corrected chi connectivity index (χ2v) is 9.62. The lowest BCUT2D eigenvalue weighted by atomic mass is 10.1. The zero-order valence-electron chi connectivity index (χ0n) is 16.7. The molecule has 0 spiro atoms. The van der Waals surface area contributed by atoms with E-state index in [1.807, 2.05) is 47.0 Å². The van der Waals surface area contributed by atoms with Crippen LogP contribution in [0.2, 0.25) is 0 Å². The van der Waals surface area contributed by atoms with Crippen LogP contribution < -0.4 is 4.90 Å². The van der Waals surface area contributed by atoms with Crippen molar-refractivity contribution in [3.8, 4) is 0 Å². The highest BCUT2D eigenvalue weighted by atomic mass is 32.2. The predicted octanol–water partition coefficient (Wildman–Crippen LogP) is 4.98. The lowest BCUT2D eigenvalue weighted by Crippen LogP contribution is -2.39. The Morgan fingerprint density at radius 3 is 2.77 bits per heavy atom. The van der Waals surface area contributed by atoms with E-state index in [1.54, 1.807) is 0 Å². The fraction of sp³-hybridized carbons (Fsp3) is 0.348. The fourth-order valence-electron chi connectivity index (χ4n) is 4.18. The van der Waals surface area contributed by atoms with Crippen LogP contribution in [0.25, 0.3) is 0 Å². The first-order chi connectivity index (χ1) is 14.8. The summed E-state index contributed by atoms with van der Waals surface area (Å²) in [6.45, 7) is 0.953. The molecule has 1 atom stereocenters. The van der Waals surface area contributed by atoms with Gasteiger partial charge >= 0.3 is 0 Å². The number of hydrogen-bond acceptors (Lipinski definition) is 5. The quantitative estimate of drug-likeness (QED) is 0.540. The van der Waals surface area contributed by atoms with Crippen LogP contribution in [0.15, 0.2) is 64.6 Å². The van der Waals surface area contributed by atoms with Crippen molar-refractivity contribution in [1.82, 2.24) is 14.8 Å². The molecule has 5 nitrogen and oxygen atoms in total. The van der Waals surface area contributed by atoms with Gasteiger partial charge in [-0.25, -0.2) is 0 Å². The summed E-state index contributed by atoms with van der Waals surface area (Å²) in [7, 11) is 0. The number of anilines is 1. The number of carbonyl (C=O) groups is 1. The summed E-state index contributed by atoms with van der Waals surface area (Å²) in [6.07, 6.45) is 4.53. The highest BCUT2D eigenvalue weighted by Gasteiger charge is 2.32. The Balaban J connectivity index is 1.40. The van der Waals surface area contributed by atoms with E-state index < -0.39 is 0 Å². The largest absolute Gasteiger partial charge is 0.306 e. The van der Waals surface area contributed by atoms with E-state index in [4.69, 9.17) is 0 Å². The molecular weight excluding hydrogens is 412 g/mol. The molecule has 2 aliphatic rings. The molecule has 0 saturated carbocycles. The number of hydrogen-bond donors (Lipinski definition) is 0. The number of rotatable bonds is 4. The van der Waals surface area contributed by atoms with Crippen molar-refractivity contribution in [3.05, 3.63) is 66.0 Å². The van der Waals surface area contributed by atoms with Crippen LogP contribution in [-0.4, -0.2) is 32.2 Å². The summed E-state index contributed by atoms with van der Waals surface area (Å²) in [6, 6.07) is 18.6. The summed E-state index contributed by atoms with van der Waals surface area (Å²) in [5, 5.41) is 9.62. The molecule has 2 aromatic carbocycles. The van der Waals surface area contributed by atoms with Crippen molar-refractivity contribution >= 4 is 35.1 Å². The molecule has 3 aromatic rings. The Hall–Kier alpha value is -2.25. The van der Waals surface area contributed by atoms with Crippen LogP contribution in [0.1, 0.15) is 36.7 Å². The number of aryl methyl sites for hydroxylation is 1. The van der Waals surface area contributed by atoms with Crippen LogP contribution in [0.3, 0.4) is 0 Å². The van der Waals surface area contributed by atoms with Gasteiger partial charge in [0.05, 0.1) is 17.5 Å². The number of benzene rings is 2. The van der Waals surface area contributed by atoms with Gasteiger partial charge in [0, 0.05) is 23.6 Å². The topological polar surface area (TPSA) is 51.0 Å². The summed E-state index contributed by atoms with van der Waals surface area (Å²) in [5.74, 6) is 2.40. The summed E-state index contributed by atoms with van der Waals surface area (Å²) >= 11 is 3.34. The Morgan fingerprint density at radius 1 is 1.03 bits per heavy atom. The standard InChI is InChI=1S/C23H24N4OS2/c28-22(16-30-23-25-24-21-13-5-2-8-14-26(21)23)27-18-11-6-7-12-20(18)29-15-19(27)17-9-3-1-4-10-17/h1,3-4,6-7,9-12,19H,2,5,8,13-16H2/t19-/m0/s1. The Morgan fingerprint density at radius 2 is 1.87 bits per heavy atom. The minimum atomic E-state index is 0.0368. The van der Waals surface area contributed by atoms with Gasteiger partial charge in [-0.2, -0.15) is 0 Å². The van der Waals surface area contributed by atoms with E-state index in [0.29, 0.717) is 5.75 Å². The van der Waals surface area contributed by atoms with Gasteiger partial charge in [0.25, 0.3) is 0 Å². The van der Waals surface area contributed by atoms with Gasteiger partial charge < -0.3 is 9.47 Å². The molecule has 1 aromatic heterocycles. The SMILES string of the molecule is O=C(CSc1nnc2n1CCCCC2)N1c2ccccc2SC[C@H]1c1ccccc1. The van der Waals surface area contributed by atoms with E-state index in [-0.39, 0.29) is 11.9 Å². The molecule has 0 bridgehead atoms. The average Bonchev–Trinajstić information content (AvgIpc) is 3.03. The number of fused-ring (bicyclic) bond motifs is 2. The van der Waals surface area contributed by atoms with Crippen molar-refractivity contribution in [1.29, 1.82) is 0 Å². The number of para-hydroxylation sites is 1. The summed E-state index contributed by atoms with van der Waals surface area (Å²) in [5.41, 5.74) is 2.18. The summed E-state index contributed by atoms with van der Waals surface area (Å²) in [4.78, 5) is 16.7. The van der Waals surface area contributed by atoms with Gasteiger partial charge in [0.1, 0.15) is 5.82 Å². The minimum Gasteiger partial charge on any atom is -0.306 e.